The molecule has 0 saturated heterocycles. The Morgan fingerprint density at radius 2 is 0.969 bits per heavy atom. The number of hydrogen-bond acceptors (Lipinski definition) is 1. The first-order valence-corrected chi connectivity index (χ1v) is 10.6. The van der Waals surface area contributed by atoms with E-state index in [-0.39, 0.29) is 5.82 Å². The molecule has 5 aromatic carbocycles. The Bertz CT molecular complexity index is 1570. The first kappa shape index (κ1) is 18.6. The molecule has 0 radical (unpaired) electrons. The molecule has 0 spiro atoms. The Morgan fingerprint density at radius 1 is 0.406 bits per heavy atom. The van der Waals surface area contributed by atoms with Gasteiger partial charge in [0.05, 0.1) is 0 Å². The van der Waals surface area contributed by atoms with Crippen molar-refractivity contribution >= 4 is 21.9 Å². The van der Waals surface area contributed by atoms with Crippen LogP contribution in [-0.2, 0) is 0 Å². The van der Waals surface area contributed by atoms with Crippen molar-refractivity contribution in [2.24, 2.45) is 0 Å². The Labute approximate surface area is 185 Å². The molecule has 1 heterocycles. The van der Waals surface area contributed by atoms with E-state index >= 15 is 0 Å². The summed E-state index contributed by atoms with van der Waals surface area (Å²) < 4.78 is 19.5. The second-order valence-electron chi connectivity index (χ2n) is 7.98. The molecule has 0 amide bonds. The zero-order valence-electron chi connectivity index (χ0n) is 17.3. The quantitative estimate of drug-likeness (QED) is 0.282. The zero-order chi connectivity index (χ0) is 21.5. The summed E-state index contributed by atoms with van der Waals surface area (Å²) in [5.74, 6) is -0.221. The summed E-state index contributed by atoms with van der Waals surface area (Å²) >= 11 is 0. The van der Waals surface area contributed by atoms with Crippen molar-refractivity contribution in [1.29, 1.82) is 0 Å². The summed E-state index contributed by atoms with van der Waals surface area (Å²) in [4.78, 5) is 0. The average Bonchev–Trinajstić information content (AvgIpc) is 3.22. The van der Waals surface area contributed by atoms with Gasteiger partial charge in [-0.2, -0.15) is 0 Å². The maximum atomic E-state index is 13.6. The van der Waals surface area contributed by atoms with Gasteiger partial charge in [-0.3, -0.25) is 0 Å². The smallest absolute Gasteiger partial charge is 0.135 e. The average molecular weight is 414 g/mol. The van der Waals surface area contributed by atoms with E-state index in [2.05, 4.69) is 54.6 Å². The Kier molecular flexibility index (Phi) is 4.36. The van der Waals surface area contributed by atoms with E-state index in [1.165, 1.54) is 6.07 Å². The highest BCUT2D eigenvalue weighted by Crippen LogP contribution is 2.34. The molecular formula is C30H19FO. The minimum atomic E-state index is -0.221. The number of fused-ring (bicyclic) bond motifs is 3. The fourth-order valence-electron chi connectivity index (χ4n) is 4.31. The monoisotopic (exact) mass is 414 g/mol. The molecule has 0 N–H and O–H groups in total. The lowest BCUT2D eigenvalue weighted by molar-refractivity contribution is 0.628. The molecule has 0 aliphatic carbocycles. The molecule has 6 rings (SSSR count). The maximum Gasteiger partial charge on any atom is 0.135 e. The molecule has 0 atom stereocenters. The molecule has 0 fully saturated rings. The molecule has 0 aliphatic rings. The number of hydrogen-bond donors (Lipinski definition) is 0. The van der Waals surface area contributed by atoms with Crippen LogP contribution >= 0.6 is 0 Å². The predicted octanol–water partition coefficient (Wildman–Crippen LogP) is 8.73. The molecule has 0 bridgehead atoms. The van der Waals surface area contributed by atoms with Crippen LogP contribution in [0.5, 0.6) is 0 Å². The van der Waals surface area contributed by atoms with Crippen molar-refractivity contribution < 1.29 is 8.81 Å². The molecule has 32 heavy (non-hydrogen) atoms. The maximum absolute atomic E-state index is 13.6. The van der Waals surface area contributed by atoms with Gasteiger partial charge in [0, 0.05) is 10.8 Å². The van der Waals surface area contributed by atoms with Crippen LogP contribution in [0.3, 0.4) is 0 Å². The Morgan fingerprint density at radius 3 is 1.72 bits per heavy atom. The van der Waals surface area contributed by atoms with Gasteiger partial charge < -0.3 is 4.42 Å². The first-order valence-electron chi connectivity index (χ1n) is 10.6. The second-order valence-corrected chi connectivity index (χ2v) is 7.98. The molecule has 1 aromatic heterocycles. The van der Waals surface area contributed by atoms with E-state index in [1.807, 2.05) is 42.5 Å². The van der Waals surface area contributed by atoms with Crippen LogP contribution in [0.2, 0.25) is 0 Å². The van der Waals surface area contributed by atoms with Gasteiger partial charge in [-0.1, -0.05) is 78.9 Å². The number of furan rings is 1. The van der Waals surface area contributed by atoms with E-state index in [0.29, 0.717) is 0 Å². The summed E-state index contributed by atoms with van der Waals surface area (Å²) in [5, 5.41) is 2.26. The van der Waals surface area contributed by atoms with E-state index < -0.39 is 0 Å². The highest BCUT2D eigenvalue weighted by molar-refractivity contribution is 6.06. The minimum absolute atomic E-state index is 0.221. The lowest BCUT2D eigenvalue weighted by Gasteiger charge is -2.08. The molecule has 0 unspecified atom stereocenters. The standard InChI is InChI=1S/C30H19FO/c31-26-8-4-7-24(18-26)21-13-11-20(12-14-21)22-5-3-6-23(17-22)25-15-16-30-28(19-25)27-9-1-2-10-29(27)32-30/h1-19H. The van der Waals surface area contributed by atoms with Gasteiger partial charge in [-0.15, -0.1) is 0 Å². The summed E-state index contributed by atoms with van der Waals surface area (Å²) in [6, 6.07) is 38.0. The Hall–Kier alpha value is -4.17. The highest BCUT2D eigenvalue weighted by Gasteiger charge is 2.09. The van der Waals surface area contributed by atoms with E-state index in [1.54, 1.807) is 12.1 Å². The predicted molar refractivity (Wildman–Crippen MR) is 130 cm³/mol. The van der Waals surface area contributed by atoms with E-state index in [9.17, 15) is 4.39 Å². The number of benzene rings is 5. The van der Waals surface area contributed by atoms with Crippen molar-refractivity contribution in [2.45, 2.75) is 0 Å². The first-order chi connectivity index (χ1) is 15.7. The lowest BCUT2D eigenvalue weighted by atomic mass is 9.96. The lowest BCUT2D eigenvalue weighted by Crippen LogP contribution is -1.83. The minimum Gasteiger partial charge on any atom is -0.456 e. The van der Waals surface area contributed by atoms with Crippen LogP contribution < -0.4 is 0 Å². The van der Waals surface area contributed by atoms with Crippen molar-refractivity contribution in [3.63, 3.8) is 0 Å². The van der Waals surface area contributed by atoms with Crippen LogP contribution in [0.25, 0.3) is 55.3 Å². The zero-order valence-corrected chi connectivity index (χ0v) is 17.3. The van der Waals surface area contributed by atoms with Crippen LogP contribution in [0, 0.1) is 5.82 Å². The largest absolute Gasteiger partial charge is 0.456 e. The second kappa shape index (κ2) is 7.51. The van der Waals surface area contributed by atoms with Gasteiger partial charge in [0.2, 0.25) is 0 Å². The third-order valence-electron chi connectivity index (χ3n) is 5.95. The topological polar surface area (TPSA) is 13.1 Å². The van der Waals surface area contributed by atoms with Gasteiger partial charge >= 0.3 is 0 Å². The SMILES string of the molecule is Fc1cccc(-c2ccc(-c3cccc(-c4ccc5oc6ccccc6c5c4)c3)cc2)c1. The van der Waals surface area contributed by atoms with Crippen molar-refractivity contribution in [1.82, 2.24) is 0 Å². The van der Waals surface area contributed by atoms with Crippen molar-refractivity contribution in [3.8, 4) is 33.4 Å². The summed E-state index contributed by atoms with van der Waals surface area (Å²) in [7, 11) is 0. The third kappa shape index (κ3) is 3.27. The molecular weight excluding hydrogens is 395 g/mol. The third-order valence-corrected chi connectivity index (χ3v) is 5.95. The van der Waals surface area contributed by atoms with Crippen LogP contribution in [0.15, 0.2) is 120 Å². The van der Waals surface area contributed by atoms with Crippen molar-refractivity contribution in [2.75, 3.05) is 0 Å². The van der Waals surface area contributed by atoms with Gasteiger partial charge in [0.15, 0.2) is 0 Å². The van der Waals surface area contributed by atoms with Crippen LogP contribution in [0.4, 0.5) is 4.39 Å². The normalized spacial score (nSPS) is 11.3. The summed E-state index contributed by atoms with van der Waals surface area (Å²) in [6.45, 7) is 0. The van der Waals surface area contributed by atoms with Crippen LogP contribution in [0.1, 0.15) is 0 Å². The number of para-hydroxylation sites is 1. The molecule has 2 heteroatoms. The molecule has 152 valence electrons. The number of halogens is 1. The molecule has 0 saturated carbocycles. The fraction of sp³-hybridized carbons (Fsp3) is 0. The van der Waals surface area contributed by atoms with Gasteiger partial charge in [-0.05, 0) is 69.8 Å². The van der Waals surface area contributed by atoms with Gasteiger partial charge in [-0.25, -0.2) is 4.39 Å². The fourth-order valence-corrected chi connectivity index (χ4v) is 4.31. The van der Waals surface area contributed by atoms with Crippen molar-refractivity contribution in [3.05, 3.63) is 121 Å². The number of rotatable bonds is 3. The van der Waals surface area contributed by atoms with E-state index in [0.717, 1.165) is 55.3 Å². The molecule has 6 aromatic rings. The van der Waals surface area contributed by atoms with Gasteiger partial charge in [0.1, 0.15) is 17.0 Å². The van der Waals surface area contributed by atoms with Gasteiger partial charge in [0.25, 0.3) is 0 Å². The van der Waals surface area contributed by atoms with Crippen LogP contribution in [-0.4, -0.2) is 0 Å². The highest BCUT2D eigenvalue weighted by atomic mass is 19.1. The molecule has 1 nitrogen and oxygen atoms in total. The van der Waals surface area contributed by atoms with E-state index in [4.69, 9.17) is 4.42 Å². The summed E-state index contributed by atoms with van der Waals surface area (Å²) in [6.07, 6.45) is 0. The molecule has 0 aliphatic heterocycles. The Balaban J connectivity index is 1.37. The summed E-state index contributed by atoms with van der Waals surface area (Å²) in [5.41, 5.74) is 8.27.